The standard InChI is InChI=1S/C35H46N2O7/c1-27-14-16-30(17-15-27)24-37-32(23-29-12-8-5-9-13-29)34(44-26-42-21-19-40-3)33(43-25-41-20-18-39-2)31(36-35(37)38)22-28-10-6-4-7-11-28/h4-17,31-34H,18-26H2,1-3H3,(H,36,38)/t31-,32?,33?,34?/m1/s1. The quantitative estimate of drug-likeness (QED) is 0.165. The third kappa shape index (κ3) is 10.4. The van der Waals surface area contributed by atoms with Gasteiger partial charge in [0.05, 0.1) is 38.5 Å². The summed E-state index contributed by atoms with van der Waals surface area (Å²) in [6.07, 6.45) is 0.00731. The summed E-state index contributed by atoms with van der Waals surface area (Å²) < 4.78 is 34.9. The summed E-state index contributed by atoms with van der Waals surface area (Å²) >= 11 is 0. The molecular weight excluding hydrogens is 560 g/mol. The Morgan fingerprint density at radius 2 is 1.20 bits per heavy atom. The van der Waals surface area contributed by atoms with Crippen LogP contribution in [0.25, 0.3) is 0 Å². The second kappa shape index (κ2) is 18.5. The van der Waals surface area contributed by atoms with Crippen molar-refractivity contribution in [2.24, 2.45) is 0 Å². The number of hydrogen-bond donors (Lipinski definition) is 1. The summed E-state index contributed by atoms with van der Waals surface area (Å²) in [6.45, 7) is 4.18. The molecule has 0 spiro atoms. The predicted octanol–water partition coefficient (Wildman–Crippen LogP) is 4.75. The lowest BCUT2D eigenvalue weighted by Crippen LogP contribution is -2.53. The van der Waals surface area contributed by atoms with E-state index in [9.17, 15) is 4.79 Å². The molecule has 0 radical (unpaired) electrons. The van der Waals surface area contributed by atoms with Crippen LogP contribution in [-0.4, -0.2) is 89.5 Å². The maximum atomic E-state index is 14.2. The van der Waals surface area contributed by atoms with Crippen LogP contribution >= 0.6 is 0 Å². The van der Waals surface area contributed by atoms with Gasteiger partial charge in [-0.25, -0.2) is 4.79 Å². The maximum Gasteiger partial charge on any atom is 0.318 e. The van der Waals surface area contributed by atoms with Gasteiger partial charge in [0.25, 0.3) is 0 Å². The molecule has 3 aromatic rings. The Bertz CT molecular complexity index is 1210. The smallest absolute Gasteiger partial charge is 0.318 e. The highest BCUT2D eigenvalue weighted by Gasteiger charge is 2.45. The fourth-order valence-corrected chi connectivity index (χ4v) is 5.37. The van der Waals surface area contributed by atoms with Crippen molar-refractivity contribution in [2.45, 2.75) is 50.6 Å². The van der Waals surface area contributed by atoms with E-state index in [1.807, 2.05) is 41.3 Å². The number of benzene rings is 3. The Kier molecular flexibility index (Phi) is 14.1. The molecule has 4 rings (SSSR count). The number of carbonyl (C=O) groups excluding carboxylic acids is 1. The van der Waals surface area contributed by atoms with Crippen LogP contribution in [0.5, 0.6) is 0 Å². The van der Waals surface area contributed by atoms with Crippen LogP contribution in [0.4, 0.5) is 4.79 Å². The van der Waals surface area contributed by atoms with Gasteiger partial charge in [-0.05, 0) is 36.5 Å². The topological polar surface area (TPSA) is 87.7 Å². The Hall–Kier alpha value is -3.31. The summed E-state index contributed by atoms with van der Waals surface area (Å²) in [7, 11) is 3.26. The number of methoxy groups -OCH3 is 2. The van der Waals surface area contributed by atoms with Crippen LogP contribution in [0.1, 0.15) is 22.3 Å². The summed E-state index contributed by atoms with van der Waals surface area (Å²) in [6, 6.07) is 27.5. The van der Waals surface area contributed by atoms with Gasteiger partial charge in [-0.15, -0.1) is 0 Å². The van der Waals surface area contributed by atoms with Crippen molar-refractivity contribution in [3.8, 4) is 0 Å². The molecule has 0 aromatic heterocycles. The second-order valence-corrected chi connectivity index (χ2v) is 10.9. The first-order valence-corrected chi connectivity index (χ1v) is 15.2. The molecule has 0 bridgehead atoms. The average Bonchev–Trinajstić information content (AvgIpc) is 3.13. The first kappa shape index (κ1) is 33.6. The summed E-state index contributed by atoms with van der Waals surface area (Å²) in [5.41, 5.74) is 4.35. The van der Waals surface area contributed by atoms with Crippen molar-refractivity contribution in [1.29, 1.82) is 0 Å². The van der Waals surface area contributed by atoms with Crippen molar-refractivity contribution in [3.05, 3.63) is 107 Å². The molecule has 1 fully saturated rings. The molecule has 9 heteroatoms. The molecule has 4 atom stereocenters. The largest absolute Gasteiger partial charge is 0.382 e. The van der Waals surface area contributed by atoms with Crippen LogP contribution in [-0.2, 0) is 47.8 Å². The Labute approximate surface area is 261 Å². The summed E-state index contributed by atoms with van der Waals surface area (Å²) in [5.74, 6) is 0. The van der Waals surface area contributed by atoms with Gasteiger partial charge in [0, 0.05) is 20.8 Å². The van der Waals surface area contributed by atoms with Gasteiger partial charge >= 0.3 is 6.03 Å². The summed E-state index contributed by atoms with van der Waals surface area (Å²) in [4.78, 5) is 16.1. The minimum absolute atomic E-state index is 0.0222. The van der Waals surface area contributed by atoms with Crippen LogP contribution in [0.15, 0.2) is 84.9 Å². The molecule has 0 saturated carbocycles. The Balaban J connectivity index is 1.72. The van der Waals surface area contributed by atoms with Gasteiger partial charge in [-0.1, -0.05) is 90.5 Å². The van der Waals surface area contributed by atoms with E-state index in [1.54, 1.807) is 14.2 Å². The van der Waals surface area contributed by atoms with Gasteiger partial charge in [0.15, 0.2) is 0 Å². The van der Waals surface area contributed by atoms with E-state index in [1.165, 1.54) is 0 Å². The predicted molar refractivity (Wildman–Crippen MR) is 168 cm³/mol. The Morgan fingerprint density at radius 3 is 1.77 bits per heavy atom. The van der Waals surface area contributed by atoms with Crippen LogP contribution in [0.3, 0.4) is 0 Å². The number of aryl methyl sites for hydroxylation is 1. The maximum absolute atomic E-state index is 14.2. The van der Waals surface area contributed by atoms with Gasteiger partial charge in [0.1, 0.15) is 25.8 Å². The monoisotopic (exact) mass is 606 g/mol. The zero-order valence-corrected chi connectivity index (χ0v) is 26.1. The molecule has 3 aromatic carbocycles. The van der Waals surface area contributed by atoms with Crippen LogP contribution in [0.2, 0.25) is 0 Å². The van der Waals surface area contributed by atoms with Gasteiger partial charge in [0.2, 0.25) is 0 Å². The first-order valence-electron chi connectivity index (χ1n) is 15.2. The number of rotatable bonds is 18. The third-order valence-corrected chi connectivity index (χ3v) is 7.68. The fraction of sp³-hybridized carbons (Fsp3) is 0.457. The van der Waals surface area contributed by atoms with E-state index in [0.717, 1.165) is 22.3 Å². The molecular formula is C35H46N2O7. The molecule has 1 saturated heterocycles. The number of nitrogens with one attached hydrogen (secondary N) is 1. The molecule has 1 aliphatic heterocycles. The number of urea groups is 1. The number of ether oxygens (including phenoxy) is 6. The lowest BCUT2D eigenvalue weighted by Gasteiger charge is -2.37. The lowest BCUT2D eigenvalue weighted by molar-refractivity contribution is -0.187. The molecule has 1 N–H and O–H groups in total. The average molecular weight is 607 g/mol. The summed E-state index contributed by atoms with van der Waals surface area (Å²) in [5, 5.41) is 3.31. The molecule has 3 unspecified atom stereocenters. The number of hydrogen-bond acceptors (Lipinski definition) is 7. The minimum atomic E-state index is -0.554. The fourth-order valence-electron chi connectivity index (χ4n) is 5.37. The van der Waals surface area contributed by atoms with E-state index >= 15 is 0 Å². The molecule has 0 aliphatic carbocycles. The van der Waals surface area contributed by atoms with Crippen LogP contribution < -0.4 is 5.32 Å². The van der Waals surface area contributed by atoms with Crippen LogP contribution in [0, 0.1) is 6.92 Å². The van der Waals surface area contributed by atoms with Crippen molar-refractivity contribution in [1.82, 2.24) is 10.2 Å². The minimum Gasteiger partial charge on any atom is -0.382 e. The van der Waals surface area contributed by atoms with Crippen molar-refractivity contribution >= 4 is 6.03 Å². The number of nitrogens with zero attached hydrogens (tertiary/aromatic N) is 1. The highest BCUT2D eigenvalue weighted by Crippen LogP contribution is 2.28. The van der Waals surface area contributed by atoms with E-state index in [4.69, 9.17) is 28.4 Å². The molecule has 1 aliphatic rings. The van der Waals surface area contributed by atoms with Gasteiger partial charge in [-0.3, -0.25) is 0 Å². The van der Waals surface area contributed by atoms with Gasteiger partial charge in [-0.2, -0.15) is 0 Å². The SMILES string of the molecule is COCCOCOC1C(OCOCCOC)[C@@H](Cc2ccccc2)NC(=O)N(Cc2ccc(C)cc2)C1Cc1ccccc1. The first-order chi connectivity index (χ1) is 21.6. The van der Waals surface area contributed by atoms with Crippen molar-refractivity contribution < 1.29 is 33.2 Å². The molecule has 238 valence electrons. The van der Waals surface area contributed by atoms with Crippen molar-refractivity contribution in [3.63, 3.8) is 0 Å². The van der Waals surface area contributed by atoms with E-state index < -0.39 is 18.2 Å². The normalized spacial score (nSPS) is 20.3. The molecule has 2 amide bonds. The van der Waals surface area contributed by atoms with Gasteiger partial charge < -0.3 is 38.6 Å². The lowest BCUT2D eigenvalue weighted by atomic mass is 9.91. The van der Waals surface area contributed by atoms with E-state index in [2.05, 4.69) is 60.8 Å². The highest BCUT2D eigenvalue weighted by molar-refractivity contribution is 5.76. The zero-order valence-electron chi connectivity index (χ0n) is 26.1. The molecule has 1 heterocycles. The molecule has 44 heavy (non-hydrogen) atoms. The number of amides is 2. The number of carbonyl (C=O) groups is 1. The zero-order chi connectivity index (χ0) is 31.0. The second-order valence-electron chi connectivity index (χ2n) is 10.9. The highest BCUT2D eigenvalue weighted by atomic mass is 16.7. The van der Waals surface area contributed by atoms with E-state index in [-0.39, 0.29) is 25.7 Å². The van der Waals surface area contributed by atoms with E-state index in [0.29, 0.717) is 45.8 Å². The Morgan fingerprint density at radius 1 is 0.659 bits per heavy atom. The third-order valence-electron chi connectivity index (χ3n) is 7.68. The molecule has 9 nitrogen and oxygen atoms in total. The van der Waals surface area contributed by atoms with Crippen molar-refractivity contribution in [2.75, 3.05) is 54.2 Å².